The number of anilines is 1. The number of amides is 2. The Morgan fingerprint density at radius 2 is 2.12 bits per heavy atom. The van der Waals surface area contributed by atoms with Crippen LogP contribution in [0.1, 0.15) is 12.0 Å². The van der Waals surface area contributed by atoms with Crippen molar-refractivity contribution in [3.63, 3.8) is 0 Å². The molecule has 2 heterocycles. The van der Waals surface area contributed by atoms with Gasteiger partial charge in [-0.1, -0.05) is 30.3 Å². The molecule has 0 bridgehead atoms. The number of β-amino-alcohol motifs (C(OH)–C–C–N with tert-alkyl or cyclic N) is 1. The molecular weight excluding hydrogens is 306 g/mol. The lowest BCUT2D eigenvalue weighted by molar-refractivity contribution is 0.176. The van der Waals surface area contributed by atoms with E-state index in [4.69, 9.17) is 4.74 Å². The van der Waals surface area contributed by atoms with E-state index in [1.54, 1.807) is 23.2 Å². The topological polar surface area (TPSA) is 74.7 Å². The summed E-state index contributed by atoms with van der Waals surface area (Å²) in [6.07, 6.45) is 2.59. The van der Waals surface area contributed by atoms with E-state index in [-0.39, 0.29) is 6.03 Å². The number of rotatable bonds is 5. The predicted octanol–water partition coefficient (Wildman–Crippen LogP) is 2.30. The van der Waals surface area contributed by atoms with E-state index in [2.05, 4.69) is 22.4 Å². The zero-order chi connectivity index (χ0) is 16.8. The van der Waals surface area contributed by atoms with Crippen LogP contribution >= 0.6 is 0 Å². The molecule has 1 unspecified atom stereocenters. The van der Waals surface area contributed by atoms with Crippen molar-refractivity contribution < 1.29 is 14.6 Å². The van der Waals surface area contributed by atoms with Gasteiger partial charge in [0.1, 0.15) is 0 Å². The number of nitrogens with one attached hydrogen (secondary N) is 1. The second-order valence-corrected chi connectivity index (χ2v) is 5.79. The standard InChI is InChI=1S/C18H21N3O3/c22-16-8-10-21(13-16)18(23)20-15-6-7-17(19-12-15)24-11-9-14-4-2-1-3-5-14/h1-7,12,16,22H,8-11,13H2,(H,20,23). The highest BCUT2D eigenvalue weighted by Crippen LogP contribution is 2.15. The van der Waals surface area contributed by atoms with E-state index in [9.17, 15) is 9.90 Å². The summed E-state index contributed by atoms with van der Waals surface area (Å²) in [4.78, 5) is 17.8. The first-order valence-corrected chi connectivity index (χ1v) is 8.07. The molecule has 1 atom stereocenters. The van der Waals surface area contributed by atoms with Gasteiger partial charge in [-0.15, -0.1) is 0 Å². The summed E-state index contributed by atoms with van der Waals surface area (Å²) in [6.45, 7) is 1.50. The van der Waals surface area contributed by atoms with Crippen LogP contribution in [0.15, 0.2) is 48.7 Å². The second kappa shape index (κ2) is 7.79. The summed E-state index contributed by atoms with van der Waals surface area (Å²) < 4.78 is 5.62. The Morgan fingerprint density at radius 3 is 2.79 bits per heavy atom. The van der Waals surface area contributed by atoms with Gasteiger partial charge in [-0.05, 0) is 18.1 Å². The van der Waals surface area contributed by atoms with Crippen molar-refractivity contribution in [3.8, 4) is 5.88 Å². The van der Waals surface area contributed by atoms with E-state index in [1.807, 2.05) is 18.2 Å². The van der Waals surface area contributed by atoms with Crippen LogP contribution in [0, 0.1) is 0 Å². The SMILES string of the molecule is O=C(Nc1ccc(OCCc2ccccc2)nc1)N1CCC(O)C1. The number of benzene rings is 1. The summed E-state index contributed by atoms with van der Waals surface area (Å²) in [5.41, 5.74) is 1.82. The summed E-state index contributed by atoms with van der Waals surface area (Å²) >= 11 is 0. The Morgan fingerprint density at radius 1 is 1.29 bits per heavy atom. The number of likely N-dealkylation sites (tertiary alicyclic amines) is 1. The quantitative estimate of drug-likeness (QED) is 0.884. The third-order valence-electron chi connectivity index (χ3n) is 3.92. The monoisotopic (exact) mass is 327 g/mol. The van der Waals surface area contributed by atoms with Gasteiger partial charge in [-0.2, -0.15) is 0 Å². The Kier molecular flexibility index (Phi) is 5.28. The lowest BCUT2D eigenvalue weighted by Crippen LogP contribution is -2.33. The lowest BCUT2D eigenvalue weighted by Gasteiger charge is -2.16. The number of aliphatic hydroxyl groups is 1. The van der Waals surface area contributed by atoms with Crippen LogP contribution in [0.2, 0.25) is 0 Å². The zero-order valence-corrected chi connectivity index (χ0v) is 13.4. The van der Waals surface area contributed by atoms with Crippen molar-refractivity contribution in [2.75, 3.05) is 25.0 Å². The molecule has 6 heteroatoms. The number of urea groups is 1. The Balaban J connectivity index is 1.45. The number of aliphatic hydroxyl groups excluding tert-OH is 1. The molecule has 1 aliphatic heterocycles. The number of carbonyl (C=O) groups excluding carboxylic acids is 1. The van der Waals surface area contributed by atoms with Crippen molar-refractivity contribution in [1.29, 1.82) is 0 Å². The molecule has 1 fully saturated rings. The average Bonchev–Trinajstić information content (AvgIpc) is 3.04. The van der Waals surface area contributed by atoms with Crippen molar-refractivity contribution in [2.45, 2.75) is 18.9 Å². The Bertz CT molecular complexity index is 661. The molecule has 1 aromatic heterocycles. The molecule has 1 aromatic carbocycles. The van der Waals surface area contributed by atoms with Crippen molar-refractivity contribution in [1.82, 2.24) is 9.88 Å². The first-order valence-electron chi connectivity index (χ1n) is 8.07. The van der Waals surface area contributed by atoms with Crippen LogP contribution in [0.4, 0.5) is 10.5 Å². The molecule has 2 amide bonds. The summed E-state index contributed by atoms with van der Waals surface area (Å²) in [7, 11) is 0. The number of nitrogens with zero attached hydrogens (tertiary/aromatic N) is 2. The molecule has 0 saturated carbocycles. The van der Waals surface area contributed by atoms with Gasteiger partial charge in [0.15, 0.2) is 0 Å². The fourth-order valence-electron chi connectivity index (χ4n) is 2.59. The summed E-state index contributed by atoms with van der Waals surface area (Å²) in [6, 6.07) is 13.4. The van der Waals surface area contributed by atoms with Crippen LogP contribution in [0.3, 0.4) is 0 Å². The predicted molar refractivity (Wildman–Crippen MR) is 91.1 cm³/mol. The fraction of sp³-hybridized carbons (Fsp3) is 0.333. The number of hydrogen-bond donors (Lipinski definition) is 2. The molecule has 1 saturated heterocycles. The van der Waals surface area contributed by atoms with E-state index in [0.29, 0.717) is 37.7 Å². The minimum absolute atomic E-state index is 0.217. The molecule has 3 rings (SSSR count). The average molecular weight is 327 g/mol. The van der Waals surface area contributed by atoms with Gasteiger partial charge in [0.2, 0.25) is 5.88 Å². The number of ether oxygens (including phenoxy) is 1. The molecular formula is C18H21N3O3. The Hall–Kier alpha value is -2.60. The van der Waals surface area contributed by atoms with Gasteiger partial charge in [-0.3, -0.25) is 0 Å². The van der Waals surface area contributed by atoms with E-state index in [0.717, 1.165) is 6.42 Å². The van der Waals surface area contributed by atoms with Crippen LogP contribution < -0.4 is 10.1 Å². The van der Waals surface area contributed by atoms with E-state index in [1.165, 1.54) is 5.56 Å². The number of carbonyl (C=O) groups is 1. The first-order chi connectivity index (χ1) is 11.7. The minimum Gasteiger partial charge on any atom is -0.477 e. The van der Waals surface area contributed by atoms with Gasteiger partial charge in [0.05, 0.1) is 24.6 Å². The van der Waals surface area contributed by atoms with Crippen molar-refractivity contribution in [2.24, 2.45) is 0 Å². The summed E-state index contributed by atoms with van der Waals surface area (Å²) in [5.74, 6) is 0.528. The maximum atomic E-state index is 12.0. The zero-order valence-electron chi connectivity index (χ0n) is 13.4. The van der Waals surface area contributed by atoms with Crippen LogP contribution in [-0.2, 0) is 6.42 Å². The van der Waals surface area contributed by atoms with Gasteiger partial charge >= 0.3 is 6.03 Å². The first kappa shape index (κ1) is 16.3. The lowest BCUT2D eigenvalue weighted by atomic mass is 10.2. The normalized spacial score (nSPS) is 16.9. The van der Waals surface area contributed by atoms with Gasteiger partial charge in [0, 0.05) is 25.6 Å². The molecule has 2 N–H and O–H groups in total. The largest absolute Gasteiger partial charge is 0.477 e. The molecule has 1 aliphatic rings. The molecule has 6 nitrogen and oxygen atoms in total. The van der Waals surface area contributed by atoms with Crippen LogP contribution in [0.5, 0.6) is 5.88 Å². The molecule has 0 aliphatic carbocycles. The van der Waals surface area contributed by atoms with Gasteiger partial charge in [-0.25, -0.2) is 9.78 Å². The molecule has 24 heavy (non-hydrogen) atoms. The second-order valence-electron chi connectivity index (χ2n) is 5.79. The van der Waals surface area contributed by atoms with Gasteiger partial charge in [0.25, 0.3) is 0 Å². The fourth-order valence-corrected chi connectivity index (χ4v) is 2.59. The minimum atomic E-state index is -0.422. The third-order valence-corrected chi connectivity index (χ3v) is 3.92. The number of hydrogen-bond acceptors (Lipinski definition) is 4. The summed E-state index contributed by atoms with van der Waals surface area (Å²) in [5, 5.41) is 12.2. The van der Waals surface area contributed by atoms with Crippen molar-refractivity contribution in [3.05, 3.63) is 54.2 Å². The Labute approximate surface area is 141 Å². The highest BCUT2D eigenvalue weighted by Gasteiger charge is 2.24. The molecule has 0 spiro atoms. The smallest absolute Gasteiger partial charge is 0.321 e. The third kappa shape index (κ3) is 4.45. The van der Waals surface area contributed by atoms with E-state index < -0.39 is 6.10 Å². The number of pyridine rings is 1. The van der Waals surface area contributed by atoms with Crippen LogP contribution in [-0.4, -0.2) is 46.8 Å². The highest BCUT2D eigenvalue weighted by molar-refractivity contribution is 5.89. The molecule has 0 radical (unpaired) electrons. The number of aromatic nitrogens is 1. The highest BCUT2D eigenvalue weighted by atomic mass is 16.5. The maximum Gasteiger partial charge on any atom is 0.321 e. The van der Waals surface area contributed by atoms with E-state index >= 15 is 0 Å². The van der Waals surface area contributed by atoms with Gasteiger partial charge < -0.3 is 20.1 Å². The van der Waals surface area contributed by atoms with Crippen molar-refractivity contribution >= 4 is 11.7 Å². The molecule has 2 aromatic rings. The maximum absolute atomic E-state index is 12.0. The molecule has 126 valence electrons. The van der Waals surface area contributed by atoms with Crippen LogP contribution in [0.25, 0.3) is 0 Å².